The molecule has 1 aliphatic heterocycles. The van der Waals surface area contributed by atoms with Crippen LogP contribution >= 0.6 is 0 Å². The molecule has 2 amide bonds. The van der Waals surface area contributed by atoms with Crippen molar-refractivity contribution in [1.29, 1.82) is 0 Å². The van der Waals surface area contributed by atoms with Crippen LogP contribution in [-0.4, -0.2) is 54.4 Å². The summed E-state index contributed by atoms with van der Waals surface area (Å²) in [7, 11) is 1.65. The molecule has 0 unspecified atom stereocenters. The van der Waals surface area contributed by atoms with Crippen LogP contribution in [0.1, 0.15) is 5.56 Å². The lowest BCUT2D eigenvalue weighted by molar-refractivity contribution is 0.208. The Balaban J connectivity index is 1.34. The highest BCUT2D eigenvalue weighted by atomic mass is 16.5. The fourth-order valence-corrected chi connectivity index (χ4v) is 3.46. The van der Waals surface area contributed by atoms with E-state index in [1.807, 2.05) is 72.5 Å². The lowest BCUT2D eigenvalue weighted by Gasteiger charge is -2.35. The average Bonchev–Trinajstić information content (AvgIpc) is 2.81. The number of hydrogen-bond donors (Lipinski definition) is 1. The van der Waals surface area contributed by atoms with Crippen LogP contribution in [0.15, 0.2) is 60.7 Å². The van der Waals surface area contributed by atoms with Crippen LogP contribution in [0.25, 0.3) is 11.3 Å². The van der Waals surface area contributed by atoms with Gasteiger partial charge in [0.15, 0.2) is 5.82 Å². The number of aromatic nitrogens is 2. The Morgan fingerprint density at radius 3 is 2.30 bits per heavy atom. The van der Waals surface area contributed by atoms with E-state index in [4.69, 9.17) is 4.74 Å². The smallest absolute Gasteiger partial charge is 0.321 e. The molecule has 1 fully saturated rings. The summed E-state index contributed by atoms with van der Waals surface area (Å²) in [5, 5.41) is 11.8. The highest BCUT2D eigenvalue weighted by Gasteiger charge is 2.22. The molecule has 1 aromatic heterocycles. The number of carbonyl (C=O) groups excluding carboxylic acids is 1. The van der Waals surface area contributed by atoms with Gasteiger partial charge in [-0.25, -0.2) is 4.79 Å². The molecule has 30 heavy (non-hydrogen) atoms. The zero-order chi connectivity index (χ0) is 20.9. The van der Waals surface area contributed by atoms with Crippen molar-refractivity contribution < 1.29 is 9.53 Å². The molecule has 2 heterocycles. The number of rotatable bonds is 4. The van der Waals surface area contributed by atoms with E-state index in [1.165, 1.54) is 0 Å². The average molecular weight is 403 g/mol. The van der Waals surface area contributed by atoms with Crippen molar-refractivity contribution in [1.82, 2.24) is 15.1 Å². The van der Waals surface area contributed by atoms with Gasteiger partial charge in [-0.15, -0.1) is 10.2 Å². The van der Waals surface area contributed by atoms with Gasteiger partial charge < -0.3 is 19.9 Å². The summed E-state index contributed by atoms with van der Waals surface area (Å²) in [5.74, 6) is 1.64. The molecule has 154 valence electrons. The Morgan fingerprint density at radius 1 is 0.933 bits per heavy atom. The summed E-state index contributed by atoms with van der Waals surface area (Å²) in [4.78, 5) is 16.6. The second kappa shape index (κ2) is 8.82. The maximum Gasteiger partial charge on any atom is 0.321 e. The van der Waals surface area contributed by atoms with Crippen molar-refractivity contribution in [3.63, 3.8) is 0 Å². The first-order chi connectivity index (χ1) is 14.6. The number of nitrogens with one attached hydrogen (secondary N) is 1. The lowest BCUT2D eigenvalue weighted by Crippen LogP contribution is -2.50. The van der Waals surface area contributed by atoms with Crippen molar-refractivity contribution in [2.75, 3.05) is 43.5 Å². The fraction of sp³-hybridized carbons (Fsp3) is 0.261. The molecular formula is C23H25N5O2. The number of hydrogen-bond acceptors (Lipinski definition) is 5. The molecule has 1 saturated heterocycles. The Labute approximate surface area is 176 Å². The monoisotopic (exact) mass is 403 g/mol. The van der Waals surface area contributed by atoms with Gasteiger partial charge in [0, 0.05) is 37.4 Å². The van der Waals surface area contributed by atoms with Gasteiger partial charge in [0.2, 0.25) is 0 Å². The van der Waals surface area contributed by atoms with Crippen molar-refractivity contribution >= 4 is 17.5 Å². The van der Waals surface area contributed by atoms with Crippen molar-refractivity contribution in [3.8, 4) is 17.0 Å². The molecule has 0 bridgehead atoms. The molecule has 1 N–H and O–H groups in total. The Kier molecular flexibility index (Phi) is 5.79. The minimum Gasteiger partial charge on any atom is -0.497 e. The van der Waals surface area contributed by atoms with Crippen LogP contribution < -0.4 is 15.0 Å². The summed E-state index contributed by atoms with van der Waals surface area (Å²) < 4.78 is 5.19. The first kappa shape index (κ1) is 19.7. The number of urea groups is 1. The highest BCUT2D eigenvalue weighted by molar-refractivity contribution is 5.90. The molecule has 0 aliphatic carbocycles. The zero-order valence-corrected chi connectivity index (χ0v) is 17.2. The Hall–Kier alpha value is -3.61. The third-order valence-corrected chi connectivity index (χ3v) is 5.31. The largest absolute Gasteiger partial charge is 0.497 e. The van der Waals surface area contributed by atoms with Gasteiger partial charge in [-0.1, -0.05) is 18.2 Å². The zero-order valence-electron chi connectivity index (χ0n) is 17.2. The summed E-state index contributed by atoms with van der Waals surface area (Å²) >= 11 is 0. The van der Waals surface area contributed by atoms with Gasteiger partial charge in [0.25, 0.3) is 0 Å². The third-order valence-electron chi connectivity index (χ3n) is 5.31. The number of nitrogens with zero attached hydrogens (tertiary/aromatic N) is 4. The van der Waals surface area contributed by atoms with Crippen molar-refractivity contribution in [3.05, 3.63) is 66.2 Å². The number of benzene rings is 2. The van der Waals surface area contributed by atoms with E-state index in [0.717, 1.165) is 47.2 Å². The van der Waals surface area contributed by atoms with Crippen LogP contribution in [0.5, 0.6) is 5.75 Å². The molecule has 2 aromatic carbocycles. The molecule has 7 nitrogen and oxygen atoms in total. The minimum atomic E-state index is -0.0649. The summed E-state index contributed by atoms with van der Waals surface area (Å²) in [6.45, 7) is 4.70. The molecular weight excluding hydrogens is 378 g/mol. The fourth-order valence-electron chi connectivity index (χ4n) is 3.46. The van der Waals surface area contributed by atoms with Gasteiger partial charge in [0.1, 0.15) is 5.75 Å². The minimum absolute atomic E-state index is 0.0649. The standard InChI is InChI=1S/C23H25N5O2/c1-17-5-3-4-6-20(17)24-23(29)28-15-13-27(14-16-28)22-12-11-21(25-26-22)18-7-9-19(30-2)10-8-18/h3-12H,13-16H2,1-2H3,(H,24,29). The van der Waals surface area contributed by atoms with Gasteiger partial charge in [-0.2, -0.15) is 0 Å². The number of methoxy groups -OCH3 is 1. The maximum absolute atomic E-state index is 12.6. The van der Waals surface area contributed by atoms with Gasteiger partial charge in [-0.05, 0) is 55.0 Å². The molecule has 0 atom stereocenters. The van der Waals surface area contributed by atoms with Crippen LogP contribution in [0.2, 0.25) is 0 Å². The lowest BCUT2D eigenvalue weighted by atomic mass is 10.1. The molecule has 0 radical (unpaired) electrons. The predicted octanol–water partition coefficient (Wildman–Crippen LogP) is 3.81. The van der Waals surface area contributed by atoms with Crippen LogP contribution in [0.4, 0.5) is 16.3 Å². The van der Waals surface area contributed by atoms with Crippen molar-refractivity contribution in [2.45, 2.75) is 6.92 Å². The molecule has 1 aliphatic rings. The van der Waals surface area contributed by atoms with Crippen LogP contribution in [-0.2, 0) is 0 Å². The first-order valence-corrected chi connectivity index (χ1v) is 9.99. The molecule has 0 saturated carbocycles. The third kappa shape index (κ3) is 4.35. The predicted molar refractivity (Wildman–Crippen MR) is 118 cm³/mol. The SMILES string of the molecule is COc1ccc(-c2ccc(N3CCN(C(=O)Nc4ccccc4C)CC3)nn2)cc1. The van der Waals surface area contributed by atoms with Gasteiger partial charge in [0.05, 0.1) is 12.8 Å². The Bertz CT molecular complexity index is 997. The number of amides is 2. The second-order valence-electron chi connectivity index (χ2n) is 7.22. The summed E-state index contributed by atoms with van der Waals surface area (Å²) in [6, 6.07) is 19.4. The highest BCUT2D eigenvalue weighted by Crippen LogP contribution is 2.22. The van der Waals surface area contributed by atoms with Crippen LogP contribution in [0.3, 0.4) is 0 Å². The van der Waals surface area contributed by atoms with E-state index in [0.29, 0.717) is 13.1 Å². The number of aryl methyl sites for hydroxylation is 1. The van der Waals surface area contributed by atoms with E-state index in [9.17, 15) is 4.79 Å². The van der Waals surface area contributed by atoms with Gasteiger partial charge in [-0.3, -0.25) is 0 Å². The van der Waals surface area contributed by atoms with E-state index in [-0.39, 0.29) is 6.03 Å². The molecule has 3 aromatic rings. The molecule has 4 rings (SSSR count). The molecule has 0 spiro atoms. The summed E-state index contributed by atoms with van der Waals surface area (Å²) in [5.41, 5.74) is 3.71. The Morgan fingerprint density at radius 2 is 1.67 bits per heavy atom. The number of piperazine rings is 1. The van der Waals surface area contributed by atoms with Crippen molar-refractivity contribution in [2.24, 2.45) is 0 Å². The summed E-state index contributed by atoms with van der Waals surface area (Å²) in [6.07, 6.45) is 0. The number of ether oxygens (including phenoxy) is 1. The number of anilines is 2. The first-order valence-electron chi connectivity index (χ1n) is 9.99. The van der Waals surface area contributed by atoms with Gasteiger partial charge >= 0.3 is 6.03 Å². The van der Waals surface area contributed by atoms with Crippen LogP contribution in [0, 0.1) is 6.92 Å². The second-order valence-corrected chi connectivity index (χ2v) is 7.22. The van der Waals surface area contributed by atoms with E-state index in [2.05, 4.69) is 20.4 Å². The topological polar surface area (TPSA) is 70.6 Å². The number of carbonyl (C=O) groups is 1. The molecule has 7 heteroatoms. The van der Waals surface area contributed by atoms with E-state index < -0.39 is 0 Å². The van der Waals surface area contributed by atoms with E-state index >= 15 is 0 Å². The maximum atomic E-state index is 12.6. The number of para-hydroxylation sites is 1. The quantitative estimate of drug-likeness (QED) is 0.717. The van der Waals surface area contributed by atoms with E-state index in [1.54, 1.807) is 7.11 Å². The normalized spacial score (nSPS) is 13.8.